The molecule has 0 bridgehead atoms. The predicted molar refractivity (Wildman–Crippen MR) is 236 cm³/mol. The van der Waals surface area contributed by atoms with E-state index in [-0.39, 0.29) is 36.1 Å². The van der Waals surface area contributed by atoms with Gasteiger partial charge in [0.15, 0.2) is 0 Å². The monoisotopic (exact) mass is 849 g/mol. The lowest BCUT2D eigenvalue weighted by Gasteiger charge is -2.26. The van der Waals surface area contributed by atoms with Crippen molar-refractivity contribution in [2.45, 2.75) is 74.1 Å². The first-order valence-electron chi connectivity index (χ1n) is 20.9. The van der Waals surface area contributed by atoms with Gasteiger partial charge in [0.1, 0.15) is 22.7 Å². The first kappa shape index (κ1) is 44.7. The van der Waals surface area contributed by atoms with E-state index in [4.69, 9.17) is 25.9 Å². The highest BCUT2D eigenvalue weighted by atomic mass is 16.5. The van der Waals surface area contributed by atoms with Crippen LogP contribution < -0.4 is 26.8 Å². The molecule has 1 aliphatic rings. The Morgan fingerprint density at radius 3 is 1.89 bits per heavy atom. The van der Waals surface area contributed by atoms with Gasteiger partial charge in [0, 0.05) is 56.9 Å². The van der Waals surface area contributed by atoms with Crippen LogP contribution in [0.5, 0.6) is 5.75 Å². The van der Waals surface area contributed by atoms with Gasteiger partial charge in [-0.2, -0.15) is 10.2 Å². The van der Waals surface area contributed by atoms with Crippen LogP contribution in [0.2, 0.25) is 0 Å². The molecule has 7 rings (SSSR count). The molecule has 0 atom stereocenters. The number of amides is 4. The summed E-state index contributed by atoms with van der Waals surface area (Å²) < 4.78 is 18.7. The maximum atomic E-state index is 13.8. The summed E-state index contributed by atoms with van der Waals surface area (Å²) in [6, 6.07) is 11.5. The molecule has 6 aromatic rings. The highest BCUT2D eigenvalue weighted by Gasteiger charge is 2.23. The molecule has 0 radical (unpaired) electrons. The van der Waals surface area contributed by atoms with Gasteiger partial charge in [-0.25, -0.2) is 9.97 Å². The van der Waals surface area contributed by atoms with Gasteiger partial charge in [-0.05, 0) is 76.6 Å². The standard InChI is InChI=1S/C41H49N13O6.C2H6/c1-5-53-32(20-25(3)48-53)38(57)46-40-44-29-22-27(36(42)55)10-11-31(29)51(40)13-7-8-14-52-35-30(45-41(52)47-39(58)33-21-26(4)49-54(33)6-2)23-28(37(43)56)24-34(35)60-17-9-12-50-15-18-59-19-16-50;1-2/h7-8,10-11,20-24H,5-6,9,12-19H2,1-4H3,(H2,42,55)(H2,43,56)(H,44,46,57)(H,45,47,58);1-2H3/b8-7+;. The van der Waals surface area contributed by atoms with Crippen LogP contribution in [-0.4, -0.2) is 107 Å². The number of primary amides is 2. The molecule has 0 unspecified atom stereocenters. The molecule has 19 nitrogen and oxygen atoms in total. The SMILES string of the molecule is CC.CCn1nc(C)cc1C(=O)Nc1nc2cc(C(N)=O)ccc2n1C/C=C/Cn1c(NC(=O)c2cc(C)nn2CC)nc2cc(C(N)=O)cc(OCCCN3CCOCC3)c21. The van der Waals surface area contributed by atoms with Crippen molar-refractivity contribution in [3.63, 3.8) is 0 Å². The van der Waals surface area contributed by atoms with Gasteiger partial charge < -0.3 is 30.1 Å². The highest BCUT2D eigenvalue weighted by Crippen LogP contribution is 2.32. The zero-order chi connectivity index (χ0) is 44.5. The Hall–Kier alpha value is -6.86. The number of imidazole rings is 2. The molecule has 0 saturated carbocycles. The summed E-state index contributed by atoms with van der Waals surface area (Å²) in [5, 5.41) is 14.7. The number of nitrogens with zero attached hydrogens (tertiary/aromatic N) is 9. The third-order valence-electron chi connectivity index (χ3n) is 10.2. The van der Waals surface area contributed by atoms with Gasteiger partial charge in [0.2, 0.25) is 23.7 Å². The van der Waals surface area contributed by atoms with Crippen LogP contribution in [0.3, 0.4) is 0 Å². The summed E-state index contributed by atoms with van der Waals surface area (Å²) in [6.07, 6.45) is 4.48. The van der Waals surface area contributed by atoms with Crippen molar-refractivity contribution < 1.29 is 28.7 Å². The number of nitrogens with two attached hydrogens (primary N) is 2. The largest absolute Gasteiger partial charge is 0.491 e. The van der Waals surface area contributed by atoms with E-state index in [9.17, 15) is 19.2 Å². The van der Waals surface area contributed by atoms with E-state index in [1.807, 2.05) is 53.7 Å². The fourth-order valence-electron chi connectivity index (χ4n) is 7.24. The van der Waals surface area contributed by atoms with Gasteiger partial charge >= 0.3 is 0 Å². The number of aryl methyl sites for hydroxylation is 4. The molecule has 19 heteroatoms. The second kappa shape index (κ2) is 20.1. The summed E-state index contributed by atoms with van der Waals surface area (Å²) in [5.74, 6) is -1.22. The van der Waals surface area contributed by atoms with Gasteiger partial charge in [0.05, 0.1) is 47.8 Å². The van der Waals surface area contributed by atoms with E-state index in [2.05, 4.69) is 30.7 Å². The van der Waals surface area contributed by atoms with Gasteiger partial charge in [-0.3, -0.25) is 44.1 Å². The number of morpholine rings is 1. The number of aromatic nitrogens is 8. The number of nitrogens with one attached hydrogen (secondary N) is 2. The van der Waals surface area contributed by atoms with E-state index in [0.717, 1.165) is 26.1 Å². The van der Waals surface area contributed by atoms with Crippen molar-refractivity contribution in [3.8, 4) is 5.75 Å². The molecular weight excluding hydrogens is 795 g/mol. The average Bonchev–Trinajstić information content (AvgIpc) is 4.03. The Balaban J connectivity index is 0.00000316. The van der Waals surface area contributed by atoms with Gasteiger partial charge in [-0.15, -0.1) is 0 Å². The van der Waals surface area contributed by atoms with Crippen molar-refractivity contribution >= 4 is 57.6 Å². The number of carbonyl (C=O) groups is 4. The van der Waals surface area contributed by atoms with E-state index in [1.165, 1.54) is 0 Å². The number of hydrogen-bond acceptors (Lipinski definition) is 11. The molecule has 328 valence electrons. The van der Waals surface area contributed by atoms with Gasteiger partial charge in [-0.1, -0.05) is 26.0 Å². The van der Waals surface area contributed by atoms with Crippen molar-refractivity contribution in [3.05, 3.63) is 88.5 Å². The molecule has 1 aliphatic heterocycles. The third kappa shape index (κ3) is 10.0. The lowest BCUT2D eigenvalue weighted by molar-refractivity contribution is 0.0358. The first-order chi connectivity index (χ1) is 29.9. The molecule has 1 fully saturated rings. The maximum absolute atomic E-state index is 13.8. The topological polar surface area (TPSA) is 237 Å². The Labute approximate surface area is 359 Å². The zero-order valence-corrected chi connectivity index (χ0v) is 36.1. The lowest BCUT2D eigenvalue weighted by atomic mass is 10.1. The van der Waals surface area contributed by atoms with E-state index >= 15 is 0 Å². The molecule has 6 N–H and O–H groups in total. The fourth-order valence-corrected chi connectivity index (χ4v) is 7.24. The van der Waals surface area contributed by atoms with Gasteiger partial charge in [0.25, 0.3) is 11.8 Å². The molecule has 5 heterocycles. The molecule has 2 aromatic carbocycles. The summed E-state index contributed by atoms with van der Waals surface area (Å²) in [7, 11) is 0. The Morgan fingerprint density at radius 2 is 1.31 bits per heavy atom. The number of ether oxygens (including phenoxy) is 2. The highest BCUT2D eigenvalue weighted by molar-refractivity contribution is 6.05. The second-order valence-corrected chi connectivity index (χ2v) is 14.4. The molecule has 1 saturated heterocycles. The van der Waals surface area contributed by atoms with Crippen LogP contribution in [-0.2, 0) is 30.9 Å². The van der Waals surface area contributed by atoms with Crippen molar-refractivity contribution in [1.29, 1.82) is 0 Å². The minimum atomic E-state index is -0.648. The number of hydrogen-bond donors (Lipinski definition) is 4. The van der Waals surface area contributed by atoms with Crippen molar-refractivity contribution in [1.82, 2.24) is 43.6 Å². The number of fused-ring (bicyclic) bond motifs is 2. The van der Waals surface area contributed by atoms with Crippen LogP contribution in [0.4, 0.5) is 11.9 Å². The summed E-state index contributed by atoms with van der Waals surface area (Å²) >= 11 is 0. The Kier molecular flexibility index (Phi) is 14.5. The molecular formula is C43H55N13O6. The number of rotatable bonds is 17. The molecule has 4 aromatic heterocycles. The summed E-state index contributed by atoms with van der Waals surface area (Å²) in [6.45, 7) is 17.1. The summed E-state index contributed by atoms with van der Waals surface area (Å²) in [4.78, 5) is 63.6. The molecule has 0 spiro atoms. The van der Waals surface area contributed by atoms with Crippen LogP contribution in [0.25, 0.3) is 22.1 Å². The number of benzene rings is 2. The van der Waals surface area contributed by atoms with E-state index in [0.29, 0.717) is 83.5 Å². The Bertz CT molecular complexity index is 2610. The Morgan fingerprint density at radius 1 is 0.758 bits per heavy atom. The van der Waals surface area contributed by atoms with Crippen LogP contribution in [0.15, 0.2) is 54.6 Å². The normalized spacial score (nSPS) is 13.1. The quantitative estimate of drug-likeness (QED) is 0.0735. The van der Waals surface area contributed by atoms with Crippen LogP contribution >= 0.6 is 0 Å². The molecule has 62 heavy (non-hydrogen) atoms. The van der Waals surface area contributed by atoms with Crippen molar-refractivity contribution in [2.75, 3.05) is 50.1 Å². The van der Waals surface area contributed by atoms with Crippen molar-refractivity contribution in [2.24, 2.45) is 11.5 Å². The number of carbonyl (C=O) groups excluding carboxylic acids is 4. The minimum absolute atomic E-state index is 0.202. The predicted octanol–water partition coefficient (Wildman–Crippen LogP) is 4.52. The zero-order valence-electron chi connectivity index (χ0n) is 36.1. The third-order valence-corrected chi connectivity index (χ3v) is 10.2. The lowest BCUT2D eigenvalue weighted by Crippen LogP contribution is -2.37. The van der Waals surface area contributed by atoms with Crippen LogP contribution in [0, 0.1) is 13.8 Å². The fraction of sp³-hybridized carbons (Fsp3) is 0.395. The molecule has 4 amide bonds. The average molecular weight is 850 g/mol. The summed E-state index contributed by atoms with van der Waals surface area (Å²) in [5.41, 5.74) is 16.0. The van der Waals surface area contributed by atoms with E-state index < -0.39 is 23.6 Å². The minimum Gasteiger partial charge on any atom is -0.491 e. The number of allylic oxidation sites excluding steroid dienone is 2. The van der Waals surface area contributed by atoms with E-state index in [1.54, 1.807) is 61.0 Å². The second-order valence-electron chi connectivity index (χ2n) is 14.4. The smallest absolute Gasteiger partial charge is 0.276 e. The number of anilines is 2. The molecule has 0 aliphatic carbocycles. The first-order valence-corrected chi connectivity index (χ1v) is 20.9. The maximum Gasteiger partial charge on any atom is 0.276 e. The van der Waals surface area contributed by atoms with Crippen LogP contribution in [0.1, 0.15) is 87.2 Å².